The van der Waals surface area contributed by atoms with Crippen LogP contribution in [0.5, 0.6) is 0 Å². The van der Waals surface area contributed by atoms with Crippen LogP contribution in [0, 0.1) is 0 Å². The Hall–Kier alpha value is -11.5. The lowest BCUT2D eigenvalue weighted by Crippen LogP contribution is -2.30. The molecule has 3 rings (SSSR count). The molecular formula is C72H96N6O24. The fraction of sp³-hybridized carbons (Fsp3) is 0.417. The van der Waals surface area contributed by atoms with Gasteiger partial charge in [0.25, 0.3) is 0 Å². The van der Waals surface area contributed by atoms with Crippen molar-refractivity contribution < 1.29 is 114 Å². The van der Waals surface area contributed by atoms with Crippen molar-refractivity contribution in [3.8, 4) is 0 Å². The van der Waals surface area contributed by atoms with Crippen LogP contribution in [-0.2, 0) is 125 Å². The van der Waals surface area contributed by atoms with Crippen LogP contribution < -0.4 is 31.9 Å². The number of hydrogen-bond acceptors (Lipinski definition) is 24. The van der Waals surface area contributed by atoms with E-state index in [1.807, 2.05) is 42.5 Å². The van der Waals surface area contributed by atoms with Crippen LogP contribution in [0.25, 0.3) is 0 Å². The molecule has 0 spiro atoms. The second-order valence-corrected chi connectivity index (χ2v) is 22.0. The SMILES string of the molecule is C=C(C)C(=O)OCC(C)OC(=O)NCc1cccc(CNC(=O)OC(C)COC(=O)C(=C)C)c1.C=CC(=O)OCCCCOC(=O)NCc1cccc(CNC(=O)OC(C)COC(=O)C(=C)C)c1.C=CC(=O)OCCCCOC(=O)NCc1cccc(CNC(=O)OCCCCOC(=O)C=C)c1. The third-order valence-corrected chi connectivity index (χ3v) is 12.5. The van der Waals surface area contributed by atoms with Crippen LogP contribution in [-0.4, -0.2) is 150 Å². The first-order valence-corrected chi connectivity index (χ1v) is 32.3. The molecular weight excluding hydrogens is 1330 g/mol. The summed E-state index contributed by atoms with van der Waals surface area (Å²) in [4.78, 5) is 138. The summed E-state index contributed by atoms with van der Waals surface area (Å²) >= 11 is 0. The molecule has 3 aromatic carbocycles. The van der Waals surface area contributed by atoms with E-state index >= 15 is 0 Å². The van der Waals surface area contributed by atoms with Gasteiger partial charge in [-0.3, -0.25) is 0 Å². The third kappa shape index (κ3) is 46.7. The lowest BCUT2D eigenvalue weighted by molar-refractivity contribution is -0.142. The quantitative estimate of drug-likeness (QED) is 0.0133. The summed E-state index contributed by atoms with van der Waals surface area (Å²) < 4.78 is 59.9. The van der Waals surface area contributed by atoms with Gasteiger partial charge in [0.2, 0.25) is 0 Å². The molecule has 30 nitrogen and oxygen atoms in total. The molecule has 3 atom stereocenters. The van der Waals surface area contributed by atoms with Crippen LogP contribution in [0.15, 0.2) is 147 Å². The van der Waals surface area contributed by atoms with Crippen LogP contribution in [0.4, 0.5) is 28.8 Å². The van der Waals surface area contributed by atoms with Gasteiger partial charge in [-0.1, -0.05) is 112 Å². The number of esters is 6. The van der Waals surface area contributed by atoms with Gasteiger partial charge in [-0.2, -0.15) is 0 Å². The number of alkyl carbamates (subject to hydrolysis) is 6. The standard InChI is InChI=1S/3C24H32N2O8/c1-15(2)21(27)31-13-17(5)33-23(29)25-11-19-8-7-9-20(10-19)12-26-24(30)34-18(6)14-32-22(28)16(3)4;1-5-21(27)31-11-6-7-12-32-23(29)25-14-19-9-8-10-20(13-19)15-26-24(30)34-18(4)16-33-22(28)17(2)3;1-3-21(27)31-12-5-7-14-33-23(29)25-17-19-10-9-11-20(16-19)18-26-24(30)34-15-8-6-13-32-22(28)4-2/h7-10,17-18H,1,3,11-14H2,2,4-6H3,(H,25,29)(H,26,30);5,8-10,13,18H,1-2,6-7,11-12,14-16H2,3-4H3,(H,25,29)(H,26,30);3-4,9-11,16H,1-2,5-8,12-15,17-18H2,(H,25,29)(H,26,30). The van der Waals surface area contributed by atoms with Gasteiger partial charge >= 0.3 is 72.4 Å². The van der Waals surface area contributed by atoms with E-state index in [-0.39, 0.29) is 115 Å². The molecule has 0 aliphatic heterocycles. The zero-order chi connectivity index (χ0) is 76.0. The highest BCUT2D eigenvalue weighted by atomic mass is 16.6. The van der Waals surface area contributed by atoms with Gasteiger partial charge in [0.1, 0.15) is 38.1 Å². The highest BCUT2D eigenvalue weighted by molar-refractivity contribution is 5.88. The van der Waals surface area contributed by atoms with Crippen LogP contribution in [0.2, 0.25) is 0 Å². The van der Waals surface area contributed by atoms with Crippen LogP contribution >= 0.6 is 0 Å². The molecule has 0 fully saturated rings. The van der Waals surface area contributed by atoms with Crippen molar-refractivity contribution >= 4 is 72.4 Å². The molecule has 0 bridgehead atoms. The molecule has 0 radical (unpaired) electrons. The summed E-state index contributed by atoms with van der Waals surface area (Å²) in [5.41, 5.74) is 5.67. The Bertz CT molecular complexity index is 3150. The minimum atomic E-state index is -0.660. The van der Waals surface area contributed by atoms with E-state index in [1.54, 1.807) is 51.1 Å². The molecule has 0 aromatic heterocycles. The van der Waals surface area contributed by atoms with E-state index in [9.17, 15) is 57.5 Å². The summed E-state index contributed by atoms with van der Waals surface area (Å²) in [6, 6.07) is 21.8. The molecule has 102 heavy (non-hydrogen) atoms. The van der Waals surface area contributed by atoms with Crippen molar-refractivity contribution in [1.82, 2.24) is 31.9 Å². The number of carbonyl (C=O) groups is 12. The van der Waals surface area contributed by atoms with Crippen molar-refractivity contribution in [1.29, 1.82) is 0 Å². The maximum atomic E-state index is 11.9. The zero-order valence-electron chi connectivity index (χ0n) is 58.8. The van der Waals surface area contributed by atoms with Crippen molar-refractivity contribution in [2.24, 2.45) is 0 Å². The van der Waals surface area contributed by atoms with Gasteiger partial charge in [0.15, 0.2) is 0 Å². The first-order valence-electron chi connectivity index (χ1n) is 32.3. The summed E-state index contributed by atoms with van der Waals surface area (Å²) in [6.45, 7) is 32.2. The summed E-state index contributed by atoms with van der Waals surface area (Å²) in [6.07, 6.45) is 1.21. The average molecular weight is 1430 g/mol. The maximum Gasteiger partial charge on any atom is 0.407 e. The monoisotopic (exact) mass is 1430 g/mol. The second kappa shape index (κ2) is 53.5. The molecule has 30 heteroatoms. The minimum absolute atomic E-state index is 0.0703. The molecule has 0 aliphatic carbocycles. The van der Waals surface area contributed by atoms with Crippen molar-refractivity contribution in [2.45, 2.75) is 138 Å². The Labute approximate surface area is 594 Å². The van der Waals surface area contributed by atoms with Crippen molar-refractivity contribution in [2.75, 3.05) is 59.5 Å². The van der Waals surface area contributed by atoms with E-state index in [0.717, 1.165) is 51.6 Å². The van der Waals surface area contributed by atoms with Crippen molar-refractivity contribution in [3.05, 3.63) is 181 Å². The Morgan fingerprint density at radius 3 is 0.716 bits per heavy atom. The zero-order valence-corrected chi connectivity index (χ0v) is 58.8. The van der Waals surface area contributed by atoms with Crippen molar-refractivity contribution in [3.63, 3.8) is 0 Å². The lowest BCUT2D eigenvalue weighted by Gasteiger charge is -2.15. The fourth-order valence-corrected chi connectivity index (χ4v) is 7.27. The van der Waals surface area contributed by atoms with E-state index < -0.39 is 90.7 Å². The number of benzene rings is 3. The number of nitrogens with one attached hydrogen (secondary N) is 6. The number of amides is 6. The van der Waals surface area contributed by atoms with Gasteiger partial charge in [-0.25, -0.2) is 57.5 Å². The Kier molecular flexibility index (Phi) is 46.4. The minimum Gasteiger partial charge on any atom is -0.463 e. The molecule has 6 N–H and O–H groups in total. The van der Waals surface area contributed by atoms with E-state index in [4.69, 9.17) is 56.8 Å². The van der Waals surface area contributed by atoms with Gasteiger partial charge in [0.05, 0.1) is 39.6 Å². The van der Waals surface area contributed by atoms with Crippen LogP contribution in [0.3, 0.4) is 0 Å². The van der Waals surface area contributed by atoms with Gasteiger partial charge in [-0.15, -0.1) is 0 Å². The smallest absolute Gasteiger partial charge is 0.407 e. The Balaban J connectivity index is 0.000000765. The first kappa shape index (κ1) is 88.6. The normalized spacial score (nSPS) is 10.9. The largest absolute Gasteiger partial charge is 0.463 e. The molecule has 0 heterocycles. The fourth-order valence-electron chi connectivity index (χ4n) is 7.27. The third-order valence-electron chi connectivity index (χ3n) is 12.5. The number of unbranched alkanes of at least 4 members (excludes halogenated alkanes) is 3. The van der Waals surface area contributed by atoms with E-state index in [2.05, 4.69) is 71.4 Å². The molecule has 0 saturated heterocycles. The summed E-state index contributed by atoms with van der Waals surface area (Å²) in [5.74, 6) is -3.08. The molecule has 3 aromatic rings. The van der Waals surface area contributed by atoms with Gasteiger partial charge < -0.3 is 88.7 Å². The molecule has 6 amide bonds. The molecule has 0 aliphatic rings. The lowest BCUT2D eigenvalue weighted by atomic mass is 10.1. The highest BCUT2D eigenvalue weighted by Crippen LogP contribution is 2.11. The number of rotatable bonds is 42. The predicted molar refractivity (Wildman–Crippen MR) is 371 cm³/mol. The Morgan fingerprint density at radius 1 is 0.324 bits per heavy atom. The maximum absolute atomic E-state index is 11.9. The second-order valence-electron chi connectivity index (χ2n) is 22.0. The average Bonchev–Trinajstić information content (AvgIpc) is 0.923. The number of ether oxygens (including phenoxy) is 12. The topological polar surface area (TPSA) is 388 Å². The first-order chi connectivity index (χ1) is 48.6. The van der Waals surface area contributed by atoms with Gasteiger partial charge in [-0.05, 0) is 113 Å². The van der Waals surface area contributed by atoms with Crippen LogP contribution in [0.1, 0.15) is 113 Å². The molecule has 3 unspecified atom stereocenters. The molecule has 0 saturated carbocycles. The number of carbonyl (C=O) groups excluding carboxylic acids is 12. The van der Waals surface area contributed by atoms with E-state index in [0.29, 0.717) is 38.5 Å². The number of hydrogen-bond donors (Lipinski definition) is 6. The summed E-state index contributed by atoms with van der Waals surface area (Å²) in [5, 5.41) is 15.8. The van der Waals surface area contributed by atoms with E-state index in [1.165, 1.54) is 20.8 Å². The molecule has 558 valence electrons. The Morgan fingerprint density at radius 2 is 0.520 bits per heavy atom. The van der Waals surface area contributed by atoms with Gasteiger partial charge in [0, 0.05) is 74.2 Å². The predicted octanol–water partition coefficient (Wildman–Crippen LogP) is 9.47. The summed E-state index contributed by atoms with van der Waals surface area (Å²) in [7, 11) is 0. The highest BCUT2D eigenvalue weighted by Gasteiger charge is 2.17.